The van der Waals surface area contributed by atoms with E-state index in [9.17, 15) is 4.79 Å². The number of rotatable bonds is 2. The Balaban J connectivity index is 2.09. The fourth-order valence-electron chi connectivity index (χ4n) is 2.20. The Morgan fingerprint density at radius 2 is 2.35 bits per heavy atom. The van der Waals surface area contributed by atoms with E-state index in [-0.39, 0.29) is 18.4 Å². The second kappa shape index (κ2) is 5.65. The largest absolute Gasteiger partial charge is 0.396 e. The van der Waals surface area contributed by atoms with Gasteiger partial charge in [-0.15, -0.1) is 0 Å². The Labute approximate surface area is 110 Å². The van der Waals surface area contributed by atoms with E-state index in [0.717, 1.165) is 23.9 Å². The lowest BCUT2D eigenvalue weighted by molar-refractivity contribution is 0.0620. The first kappa shape index (κ1) is 12.6. The van der Waals surface area contributed by atoms with Crippen LogP contribution >= 0.6 is 15.9 Å². The molecule has 1 aliphatic rings. The molecule has 2 rings (SSSR count). The van der Waals surface area contributed by atoms with Crippen LogP contribution in [0.4, 0.5) is 0 Å². The molecule has 0 spiro atoms. The van der Waals surface area contributed by atoms with E-state index >= 15 is 0 Å². The van der Waals surface area contributed by atoms with Gasteiger partial charge in [0.05, 0.1) is 0 Å². The van der Waals surface area contributed by atoms with E-state index in [1.165, 1.54) is 0 Å². The molecule has 1 amide bonds. The van der Waals surface area contributed by atoms with Crippen LogP contribution in [0.5, 0.6) is 0 Å². The molecule has 1 aromatic carbocycles. The van der Waals surface area contributed by atoms with Crippen LogP contribution in [0.2, 0.25) is 0 Å². The standard InChI is InChI=1S/C13H16BrNO2/c14-12-5-1-4-11(7-12)13(17)15-6-2-3-10(8-15)9-16/h1,4-5,7,10,16H,2-3,6,8-9H2. The minimum absolute atomic E-state index is 0.0597. The predicted octanol–water partition coefficient (Wildman–Crippen LogP) is 2.29. The Bertz CT molecular complexity index is 408. The number of hydrogen-bond acceptors (Lipinski definition) is 2. The molecule has 0 radical (unpaired) electrons. The van der Waals surface area contributed by atoms with E-state index in [0.29, 0.717) is 12.1 Å². The minimum Gasteiger partial charge on any atom is -0.396 e. The highest BCUT2D eigenvalue weighted by atomic mass is 79.9. The highest BCUT2D eigenvalue weighted by Crippen LogP contribution is 2.19. The second-order valence-electron chi connectivity index (χ2n) is 4.45. The van der Waals surface area contributed by atoms with E-state index in [2.05, 4.69) is 15.9 Å². The van der Waals surface area contributed by atoms with Gasteiger partial charge in [0.1, 0.15) is 0 Å². The Morgan fingerprint density at radius 1 is 1.53 bits per heavy atom. The van der Waals surface area contributed by atoms with Crippen molar-refractivity contribution in [1.82, 2.24) is 4.90 Å². The van der Waals surface area contributed by atoms with Crippen molar-refractivity contribution < 1.29 is 9.90 Å². The van der Waals surface area contributed by atoms with Crippen LogP contribution in [0, 0.1) is 5.92 Å². The zero-order chi connectivity index (χ0) is 12.3. The number of aliphatic hydroxyl groups is 1. The summed E-state index contributed by atoms with van der Waals surface area (Å²) in [4.78, 5) is 14.1. The molecule has 1 atom stereocenters. The van der Waals surface area contributed by atoms with Gasteiger partial charge in [0.15, 0.2) is 0 Å². The number of hydrogen-bond donors (Lipinski definition) is 1. The molecular formula is C13H16BrNO2. The predicted molar refractivity (Wildman–Crippen MR) is 69.9 cm³/mol. The zero-order valence-electron chi connectivity index (χ0n) is 9.60. The van der Waals surface area contributed by atoms with Gasteiger partial charge >= 0.3 is 0 Å². The second-order valence-corrected chi connectivity index (χ2v) is 5.37. The van der Waals surface area contributed by atoms with Gasteiger partial charge in [0.25, 0.3) is 5.91 Å². The summed E-state index contributed by atoms with van der Waals surface area (Å²) in [7, 11) is 0. The molecule has 4 heteroatoms. The molecule has 1 fully saturated rings. The third-order valence-corrected chi connectivity index (χ3v) is 3.63. The first-order chi connectivity index (χ1) is 8.20. The van der Waals surface area contributed by atoms with Gasteiger partial charge in [-0.3, -0.25) is 4.79 Å². The van der Waals surface area contributed by atoms with E-state index in [1.807, 2.05) is 29.2 Å². The van der Waals surface area contributed by atoms with Gasteiger partial charge in [-0.1, -0.05) is 22.0 Å². The van der Waals surface area contributed by atoms with Crippen LogP contribution < -0.4 is 0 Å². The summed E-state index contributed by atoms with van der Waals surface area (Å²) in [6.45, 7) is 1.63. The van der Waals surface area contributed by atoms with Gasteiger partial charge < -0.3 is 10.0 Å². The van der Waals surface area contributed by atoms with Crippen LogP contribution in [0.25, 0.3) is 0 Å². The van der Waals surface area contributed by atoms with Crippen molar-refractivity contribution in [2.24, 2.45) is 5.92 Å². The van der Waals surface area contributed by atoms with Crippen molar-refractivity contribution in [3.63, 3.8) is 0 Å². The molecule has 0 aliphatic carbocycles. The number of piperidine rings is 1. The summed E-state index contributed by atoms with van der Waals surface area (Å²) in [5, 5.41) is 9.16. The fraction of sp³-hybridized carbons (Fsp3) is 0.462. The van der Waals surface area contributed by atoms with Gasteiger partial charge in [0.2, 0.25) is 0 Å². The molecule has 1 N–H and O–H groups in total. The molecule has 17 heavy (non-hydrogen) atoms. The average Bonchev–Trinajstić information content (AvgIpc) is 2.38. The number of amides is 1. The lowest BCUT2D eigenvalue weighted by Crippen LogP contribution is -2.40. The number of halogens is 1. The number of aliphatic hydroxyl groups excluding tert-OH is 1. The Morgan fingerprint density at radius 3 is 3.06 bits per heavy atom. The number of carbonyl (C=O) groups excluding carboxylic acids is 1. The molecule has 1 aromatic rings. The van der Waals surface area contributed by atoms with Gasteiger partial charge in [-0.25, -0.2) is 0 Å². The SMILES string of the molecule is O=C(c1cccc(Br)c1)N1CCCC(CO)C1. The molecule has 1 unspecified atom stereocenters. The van der Waals surface area contributed by atoms with Crippen LogP contribution in [0.15, 0.2) is 28.7 Å². The van der Waals surface area contributed by atoms with Gasteiger partial charge in [0, 0.05) is 29.7 Å². The Kier molecular flexibility index (Phi) is 4.18. The normalized spacial score (nSPS) is 20.4. The van der Waals surface area contributed by atoms with Crippen LogP contribution in [0.3, 0.4) is 0 Å². The highest BCUT2D eigenvalue weighted by molar-refractivity contribution is 9.10. The van der Waals surface area contributed by atoms with Crippen molar-refractivity contribution >= 4 is 21.8 Å². The zero-order valence-corrected chi connectivity index (χ0v) is 11.2. The molecule has 92 valence electrons. The first-order valence-corrected chi connectivity index (χ1v) is 6.65. The van der Waals surface area contributed by atoms with Crippen LogP contribution in [-0.4, -0.2) is 35.6 Å². The molecule has 3 nitrogen and oxygen atoms in total. The maximum Gasteiger partial charge on any atom is 0.253 e. The van der Waals surface area contributed by atoms with E-state index in [4.69, 9.17) is 5.11 Å². The maximum absolute atomic E-state index is 12.2. The third-order valence-electron chi connectivity index (χ3n) is 3.14. The average molecular weight is 298 g/mol. The molecule has 0 saturated carbocycles. The van der Waals surface area contributed by atoms with Crippen molar-refractivity contribution in [3.8, 4) is 0 Å². The quantitative estimate of drug-likeness (QED) is 0.910. The molecule has 0 aromatic heterocycles. The van der Waals surface area contributed by atoms with Gasteiger partial charge in [-0.05, 0) is 37.0 Å². The number of nitrogens with zero attached hydrogens (tertiary/aromatic N) is 1. The van der Waals surface area contributed by atoms with E-state index < -0.39 is 0 Å². The maximum atomic E-state index is 12.2. The molecule has 1 heterocycles. The lowest BCUT2D eigenvalue weighted by atomic mass is 9.98. The number of carbonyl (C=O) groups is 1. The van der Waals surface area contributed by atoms with Crippen molar-refractivity contribution in [3.05, 3.63) is 34.3 Å². The fourth-order valence-corrected chi connectivity index (χ4v) is 2.60. The van der Waals surface area contributed by atoms with Gasteiger partial charge in [-0.2, -0.15) is 0 Å². The smallest absolute Gasteiger partial charge is 0.253 e. The molecule has 1 saturated heterocycles. The third kappa shape index (κ3) is 3.07. The van der Waals surface area contributed by atoms with Crippen LogP contribution in [-0.2, 0) is 0 Å². The lowest BCUT2D eigenvalue weighted by Gasteiger charge is -2.31. The van der Waals surface area contributed by atoms with Crippen molar-refractivity contribution in [2.75, 3.05) is 19.7 Å². The first-order valence-electron chi connectivity index (χ1n) is 5.86. The topological polar surface area (TPSA) is 40.5 Å². The number of benzene rings is 1. The summed E-state index contributed by atoms with van der Waals surface area (Å²) in [6, 6.07) is 7.44. The highest BCUT2D eigenvalue weighted by Gasteiger charge is 2.23. The minimum atomic E-state index is 0.0597. The van der Waals surface area contributed by atoms with Crippen molar-refractivity contribution in [2.45, 2.75) is 12.8 Å². The van der Waals surface area contributed by atoms with Crippen LogP contribution in [0.1, 0.15) is 23.2 Å². The molecule has 1 aliphatic heterocycles. The number of likely N-dealkylation sites (tertiary alicyclic amines) is 1. The Hall–Kier alpha value is -0.870. The summed E-state index contributed by atoms with van der Waals surface area (Å²) in [6.07, 6.45) is 1.99. The van der Waals surface area contributed by atoms with Crippen molar-refractivity contribution in [1.29, 1.82) is 0 Å². The summed E-state index contributed by atoms with van der Waals surface area (Å²) in [5.74, 6) is 0.296. The summed E-state index contributed by atoms with van der Waals surface area (Å²) >= 11 is 3.37. The summed E-state index contributed by atoms with van der Waals surface area (Å²) < 4.78 is 0.916. The summed E-state index contributed by atoms with van der Waals surface area (Å²) in [5.41, 5.74) is 0.706. The molecule has 0 bridgehead atoms. The monoisotopic (exact) mass is 297 g/mol. The molecular weight excluding hydrogens is 282 g/mol. The van der Waals surface area contributed by atoms with E-state index in [1.54, 1.807) is 0 Å².